The van der Waals surface area contributed by atoms with Gasteiger partial charge in [-0.1, -0.05) is 5.16 Å². The number of isocyanates is 1. The topological polar surface area (TPSA) is 62.0 Å². The quantitative estimate of drug-likeness (QED) is 0.157. The van der Waals surface area contributed by atoms with Crippen molar-refractivity contribution in [3.05, 3.63) is 0 Å². The highest BCUT2D eigenvalue weighted by Crippen LogP contribution is 1.48. The standard InChI is InChI=1S/C2H2N2O2/c5-2-3-1-4-6/h1,6H/b4-1+. The predicted octanol–water partition coefficient (Wildman–Crippen LogP) is -0.260. The van der Waals surface area contributed by atoms with Crippen molar-refractivity contribution in [2.24, 2.45) is 10.1 Å². The summed E-state index contributed by atoms with van der Waals surface area (Å²) in [4.78, 5) is 11.8. The SMILES string of the molecule is O=C=N/C=N/O. The van der Waals surface area contributed by atoms with Crippen LogP contribution in [-0.4, -0.2) is 17.6 Å². The van der Waals surface area contributed by atoms with Crippen LogP contribution in [0.3, 0.4) is 0 Å². The molecule has 0 aromatic rings. The Labute approximate surface area is 33.8 Å². The van der Waals surface area contributed by atoms with E-state index in [0.29, 0.717) is 6.34 Å². The van der Waals surface area contributed by atoms with Crippen molar-refractivity contribution in [3.63, 3.8) is 0 Å². The van der Waals surface area contributed by atoms with Crippen LogP contribution in [0.25, 0.3) is 0 Å². The summed E-state index contributed by atoms with van der Waals surface area (Å²) >= 11 is 0. The Morgan fingerprint density at radius 3 is 2.67 bits per heavy atom. The van der Waals surface area contributed by atoms with E-state index in [2.05, 4.69) is 10.1 Å². The lowest BCUT2D eigenvalue weighted by Crippen LogP contribution is -1.58. The van der Waals surface area contributed by atoms with E-state index in [0.717, 1.165) is 6.08 Å². The molecule has 0 aromatic heterocycles. The fourth-order valence-corrected chi connectivity index (χ4v) is 0.0494. The molecule has 0 amide bonds. The second-order valence-corrected chi connectivity index (χ2v) is 0.451. The minimum atomic E-state index is 0.688. The van der Waals surface area contributed by atoms with Gasteiger partial charge in [0.1, 0.15) is 0 Å². The molecule has 4 nitrogen and oxygen atoms in total. The normalized spacial score (nSPS) is 8.00. The van der Waals surface area contributed by atoms with Gasteiger partial charge in [-0.2, -0.15) is 4.99 Å². The van der Waals surface area contributed by atoms with E-state index in [1.54, 1.807) is 0 Å². The summed E-state index contributed by atoms with van der Waals surface area (Å²) in [7, 11) is 0. The van der Waals surface area contributed by atoms with Gasteiger partial charge in [-0.15, -0.1) is 0 Å². The Morgan fingerprint density at radius 1 is 1.83 bits per heavy atom. The van der Waals surface area contributed by atoms with Crippen LogP contribution in [0.4, 0.5) is 0 Å². The smallest absolute Gasteiger partial charge is 0.241 e. The van der Waals surface area contributed by atoms with Gasteiger partial charge >= 0.3 is 0 Å². The molecule has 0 unspecified atom stereocenters. The Kier molecular flexibility index (Phi) is 3.11. The van der Waals surface area contributed by atoms with Crippen molar-refractivity contribution in [3.8, 4) is 0 Å². The summed E-state index contributed by atoms with van der Waals surface area (Å²) in [5.74, 6) is 0. The van der Waals surface area contributed by atoms with Crippen molar-refractivity contribution >= 4 is 12.4 Å². The average molecular weight is 86.0 g/mol. The molecule has 0 atom stereocenters. The first-order valence-corrected chi connectivity index (χ1v) is 1.14. The average Bonchev–Trinajstić information content (AvgIpc) is 1.61. The number of hydrogen-bond donors (Lipinski definition) is 1. The second kappa shape index (κ2) is 3.85. The molecular weight excluding hydrogens is 84.0 g/mol. The van der Waals surface area contributed by atoms with Gasteiger partial charge in [0, 0.05) is 0 Å². The largest absolute Gasteiger partial charge is 0.410 e. The summed E-state index contributed by atoms with van der Waals surface area (Å²) < 4.78 is 0. The Bertz CT molecular complexity index is 91.7. The zero-order chi connectivity index (χ0) is 4.83. The molecule has 0 bridgehead atoms. The molecule has 4 heteroatoms. The van der Waals surface area contributed by atoms with Gasteiger partial charge < -0.3 is 5.21 Å². The van der Waals surface area contributed by atoms with Gasteiger partial charge in [-0.25, -0.2) is 4.79 Å². The van der Waals surface area contributed by atoms with Gasteiger partial charge in [0.2, 0.25) is 6.08 Å². The van der Waals surface area contributed by atoms with E-state index < -0.39 is 0 Å². The summed E-state index contributed by atoms with van der Waals surface area (Å²) in [5.41, 5.74) is 0. The van der Waals surface area contributed by atoms with Crippen LogP contribution in [0, 0.1) is 0 Å². The van der Waals surface area contributed by atoms with Gasteiger partial charge in [-0.3, -0.25) is 0 Å². The second-order valence-electron chi connectivity index (χ2n) is 0.451. The highest BCUT2D eigenvalue weighted by molar-refractivity contribution is 5.63. The number of aliphatic imine (C=N–C) groups is 1. The highest BCUT2D eigenvalue weighted by Gasteiger charge is 1.51. The van der Waals surface area contributed by atoms with Gasteiger partial charge in [0.15, 0.2) is 6.34 Å². The zero-order valence-electron chi connectivity index (χ0n) is 2.83. The van der Waals surface area contributed by atoms with Crippen LogP contribution >= 0.6 is 0 Å². The van der Waals surface area contributed by atoms with E-state index in [-0.39, 0.29) is 0 Å². The van der Waals surface area contributed by atoms with E-state index in [4.69, 9.17) is 10.0 Å². The predicted molar refractivity (Wildman–Crippen MR) is 18.4 cm³/mol. The molecule has 0 aliphatic carbocycles. The molecule has 0 spiro atoms. The third kappa shape index (κ3) is 2.85. The summed E-state index contributed by atoms with van der Waals surface area (Å²) in [5, 5.41) is 9.87. The first-order chi connectivity index (χ1) is 2.91. The first kappa shape index (κ1) is 4.85. The monoisotopic (exact) mass is 86.0 g/mol. The maximum Gasteiger partial charge on any atom is 0.241 e. The third-order valence-corrected chi connectivity index (χ3v) is 0.162. The van der Waals surface area contributed by atoms with Crippen LogP contribution in [0.2, 0.25) is 0 Å². The maximum absolute atomic E-state index is 9.07. The molecule has 0 heterocycles. The fraction of sp³-hybridized carbons (Fsp3) is 0. The van der Waals surface area contributed by atoms with E-state index in [1.807, 2.05) is 0 Å². The van der Waals surface area contributed by atoms with E-state index >= 15 is 0 Å². The molecule has 0 radical (unpaired) electrons. The highest BCUT2D eigenvalue weighted by atomic mass is 16.4. The zero-order valence-corrected chi connectivity index (χ0v) is 2.83. The van der Waals surface area contributed by atoms with Gasteiger partial charge in [0.05, 0.1) is 0 Å². The molecular formula is C2H2N2O2. The fourth-order valence-electron chi connectivity index (χ4n) is 0.0494. The van der Waals surface area contributed by atoms with Crippen molar-refractivity contribution in [2.75, 3.05) is 0 Å². The Balaban J connectivity index is 3.33. The van der Waals surface area contributed by atoms with Crippen LogP contribution in [0.15, 0.2) is 10.1 Å². The van der Waals surface area contributed by atoms with Crippen LogP contribution in [0.5, 0.6) is 0 Å². The number of carbonyl (C=O) groups excluding carboxylic acids is 1. The Hall–Kier alpha value is -1.15. The molecule has 0 saturated heterocycles. The van der Waals surface area contributed by atoms with Crippen molar-refractivity contribution in [1.82, 2.24) is 0 Å². The molecule has 1 N–H and O–H groups in total. The van der Waals surface area contributed by atoms with E-state index in [1.165, 1.54) is 0 Å². The molecule has 0 saturated carbocycles. The molecule has 32 valence electrons. The lowest BCUT2D eigenvalue weighted by molar-refractivity contribution is 0.321. The number of oxime groups is 1. The molecule has 0 aliphatic heterocycles. The van der Waals surface area contributed by atoms with Crippen molar-refractivity contribution < 1.29 is 10.0 Å². The third-order valence-electron chi connectivity index (χ3n) is 0.162. The van der Waals surface area contributed by atoms with Crippen molar-refractivity contribution in [1.29, 1.82) is 0 Å². The lowest BCUT2D eigenvalue weighted by atomic mass is 11.3. The van der Waals surface area contributed by atoms with Gasteiger partial charge in [0.25, 0.3) is 0 Å². The van der Waals surface area contributed by atoms with Crippen LogP contribution in [-0.2, 0) is 4.79 Å². The number of nitrogens with zero attached hydrogens (tertiary/aromatic N) is 2. The van der Waals surface area contributed by atoms with Gasteiger partial charge in [-0.05, 0) is 0 Å². The molecule has 0 fully saturated rings. The van der Waals surface area contributed by atoms with Crippen LogP contribution < -0.4 is 0 Å². The summed E-state index contributed by atoms with van der Waals surface area (Å²) in [6.07, 6.45) is 1.82. The minimum Gasteiger partial charge on any atom is -0.410 e. The molecule has 6 heavy (non-hydrogen) atoms. The molecule has 0 aromatic carbocycles. The van der Waals surface area contributed by atoms with E-state index in [9.17, 15) is 0 Å². The maximum atomic E-state index is 9.07. The number of hydrogen-bond acceptors (Lipinski definition) is 3. The molecule has 0 aliphatic rings. The Morgan fingerprint density at radius 2 is 2.50 bits per heavy atom. The summed E-state index contributed by atoms with van der Waals surface area (Å²) in [6, 6.07) is 0. The first-order valence-electron chi connectivity index (χ1n) is 1.14. The summed E-state index contributed by atoms with van der Waals surface area (Å²) in [6.45, 7) is 0. The lowest BCUT2D eigenvalue weighted by Gasteiger charge is -1.57. The molecule has 0 rings (SSSR count). The number of rotatable bonds is 1. The van der Waals surface area contributed by atoms with Crippen LogP contribution in [0.1, 0.15) is 0 Å². The van der Waals surface area contributed by atoms with Crippen molar-refractivity contribution in [2.45, 2.75) is 0 Å². The minimum absolute atomic E-state index is 0.688.